The number of alkyl halides is 3. The zero-order chi connectivity index (χ0) is 24.2. The molecule has 0 unspecified atom stereocenters. The highest BCUT2D eigenvalue weighted by Crippen LogP contribution is 2.24. The largest absolute Gasteiger partial charge is 0.573 e. The normalized spacial score (nSPS) is 15.6. The number of carbonyl (C=O) groups is 1. The van der Waals surface area contributed by atoms with E-state index in [4.69, 9.17) is 12.2 Å². The second-order valence-corrected chi connectivity index (χ2v) is 8.75. The van der Waals surface area contributed by atoms with Crippen LogP contribution in [0.4, 0.5) is 18.9 Å². The number of carbonyl (C=O) groups excluding carboxylic acids is 1. The minimum Gasteiger partial charge on any atom is -0.406 e. The molecule has 2 aromatic rings. The highest BCUT2D eigenvalue weighted by Gasteiger charge is 2.31. The summed E-state index contributed by atoms with van der Waals surface area (Å²) >= 11 is 5.56. The van der Waals surface area contributed by atoms with Gasteiger partial charge in [0.1, 0.15) is 16.2 Å². The molecule has 1 fully saturated rings. The first-order chi connectivity index (χ1) is 15.5. The molecule has 1 N–H and O–H groups in total. The van der Waals surface area contributed by atoms with Crippen LogP contribution in [0.3, 0.4) is 0 Å². The number of benzene rings is 1. The summed E-state index contributed by atoms with van der Waals surface area (Å²) in [6, 6.07) is 6.99. The van der Waals surface area contributed by atoms with Gasteiger partial charge >= 0.3 is 6.36 Å². The Morgan fingerprint density at radius 2 is 1.76 bits per heavy atom. The number of halogens is 3. The van der Waals surface area contributed by atoms with E-state index in [-0.39, 0.29) is 24.1 Å². The average molecular weight is 484 g/mol. The van der Waals surface area contributed by atoms with Gasteiger partial charge in [-0.25, -0.2) is 4.98 Å². The first-order valence-electron chi connectivity index (χ1n) is 10.7. The van der Waals surface area contributed by atoms with Crippen molar-refractivity contribution in [2.24, 2.45) is 0 Å². The van der Waals surface area contributed by atoms with Gasteiger partial charge in [-0.3, -0.25) is 14.6 Å². The third kappa shape index (κ3) is 7.51. The predicted octanol–water partition coefficient (Wildman–Crippen LogP) is 4.16. The molecular formula is C22H28F3N5O2S. The third-order valence-corrected chi connectivity index (χ3v) is 5.57. The lowest BCUT2D eigenvalue weighted by Crippen LogP contribution is -2.49. The van der Waals surface area contributed by atoms with E-state index < -0.39 is 6.36 Å². The van der Waals surface area contributed by atoms with Gasteiger partial charge in [0.2, 0.25) is 5.91 Å². The summed E-state index contributed by atoms with van der Waals surface area (Å²) in [5.74, 6) is 0.667. The van der Waals surface area contributed by atoms with Gasteiger partial charge in [0.05, 0.1) is 13.2 Å². The number of ether oxygens (including phenoxy) is 1. The molecule has 180 valence electrons. The molecule has 0 bridgehead atoms. The van der Waals surface area contributed by atoms with Crippen LogP contribution in [0, 0.1) is 11.6 Å². The van der Waals surface area contributed by atoms with Gasteiger partial charge in [0.25, 0.3) is 0 Å². The number of nitrogens with one attached hydrogen (secondary N) is 1. The third-order valence-electron chi connectivity index (χ3n) is 5.23. The Hall–Kier alpha value is -2.50. The Kier molecular flexibility index (Phi) is 8.09. The van der Waals surface area contributed by atoms with Crippen molar-refractivity contribution in [3.8, 4) is 5.75 Å². The number of hydrogen-bond acceptors (Lipinski definition) is 6. The summed E-state index contributed by atoms with van der Waals surface area (Å²) in [5.41, 5.74) is 1.33. The number of aromatic nitrogens is 2. The fraction of sp³-hybridized carbons (Fsp3) is 0.500. The lowest BCUT2D eigenvalue weighted by atomic mass is 10.2. The molecule has 0 radical (unpaired) electrons. The number of piperazine rings is 1. The fourth-order valence-electron chi connectivity index (χ4n) is 3.66. The molecule has 0 atom stereocenters. The van der Waals surface area contributed by atoms with Crippen molar-refractivity contribution < 1.29 is 22.7 Å². The van der Waals surface area contributed by atoms with E-state index in [9.17, 15) is 18.0 Å². The SMILES string of the molecule is Cc1cc(=S)n(CN2CCN(CC(=O)Nc3ccc(OC(F)(F)F)cc3)CC2)c(C(C)C)n1. The van der Waals surface area contributed by atoms with Crippen LogP contribution in [-0.2, 0) is 11.5 Å². The molecule has 1 saturated heterocycles. The van der Waals surface area contributed by atoms with Crippen molar-refractivity contribution in [2.75, 3.05) is 38.0 Å². The summed E-state index contributed by atoms with van der Waals surface area (Å²) in [6.45, 7) is 10.0. The van der Waals surface area contributed by atoms with E-state index in [1.54, 1.807) is 0 Å². The van der Waals surface area contributed by atoms with E-state index >= 15 is 0 Å². The molecule has 7 nitrogen and oxygen atoms in total. The predicted molar refractivity (Wildman–Crippen MR) is 122 cm³/mol. The lowest BCUT2D eigenvalue weighted by molar-refractivity contribution is -0.274. The van der Waals surface area contributed by atoms with Crippen molar-refractivity contribution in [2.45, 2.75) is 39.7 Å². The summed E-state index contributed by atoms with van der Waals surface area (Å²) in [5, 5.41) is 2.71. The minimum absolute atomic E-state index is 0.206. The van der Waals surface area contributed by atoms with Gasteiger partial charge in [0, 0.05) is 43.5 Å². The van der Waals surface area contributed by atoms with E-state index in [0.29, 0.717) is 12.4 Å². The first-order valence-corrected chi connectivity index (χ1v) is 11.1. The molecule has 0 saturated carbocycles. The van der Waals surface area contributed by atoms with E-state index in [1.807, 2.05) is 17.9 Å². The zero-order valence-corrected chi connectivity index (χ0v) is 19.7. The second kappa shape index (κ2) is 10.6. The second-order valence-electron chi connectivity index (χ2n) is 8.33. The number of hydrogen-bond donors (Lipinski definition) is 1. The van der Waals surface area contributed by atoms with Crippen LogP contribution in [0.1, 0.15) is 31.3 Å². The summed E-state index contributed by atoms with van der Waals surface area (Å²) in [4.78, 5) is 21.3. The van der Waals surface area contributed by atoms with Gasteiger partial charge < -0.3 is 14.6 Å². The Morgan fingerprint density at radius 1 is 1.15 bits per heavy atom. The van der Waals surface area contributed by atoms with Crippen LogP contribution in [0.15, 0.2) is 30.3 Å². The number of anilines is 1. The van der Waals surface area contributed by atoms with Crippen LogP contribution in [0.25, 0.3) is 0 Å². The molecule has 1 amide bonds. The maximum atomic E-state index is 12.4. The van der Waals surface area contributed by atoms with Gasteiger partial charge in [-0.15, -0.1) is 13.2 Å². The molecule has 0 aliphatic carbocycles. The van der Waals surface area contributed by atoms with Crippen LogP contribution >= 0.6 is 12.2 Å². The van der Waals surface area contributed by atoms with Crippen molar-refractivity contribution >= 4 is 23.8 Å². The van der Waals surface area contributed by atoms with Crippen LogP contribution in [0.2, 0.25) is 0 Å². The molecule has 3 rings (SSSR count). The quantitative estimate of drug-likeness (QED) is 0.597. The van der Waals surface area contributed by atoms with Crippen LogP contribution in [-0.4, -0.2) is 64.3 Å². The number of aryl methyl sites for hydroxylation is 1. The number of nitrogens with zero attached hydrogens (tertiary/aromatic N) is 4. The maximum Gasteiger partial charge on any atom is 0.573 e. The first kappa shape index (κ1) is 25.1. The van der Waals surface area contributed by atoms with Gasteiger partial charge in [-0.2, -0.15) is 0 Å². The topological polar surface area (TPSA) is 62.6 Å². The lowest BCUT2D eigenvalue weighted by Gasteiger charge is -2.35. The van der Waals surface area contributed by atoms with E-state index in [0.717, 1.165) is 54.5 Å². The molecule has 1 aromatic carbocycles. The molecule has 1 aliphatic heterocycles. The number of amides is 1. The van der Waals surface area contributed by atoms with Crippen LogP contribution in [0.5, 0.6) is 5.75 Å². The summed E-state index contributed by atoms with van der Waals surface area (Å²) < 4.78 is 43.4. The van der Waals surface area contributed by atoms with Gasteiger partial charge in [-0.05, 0) is 37.3 Å². The summed E-state index contributed by atoms with van der Waals surface area (Å²) in [6.07, 6.45) is -4.75. The summed E-state index contributed by atoms with van der Waals surface area (Å²) in [7, 11) is 0. The van der Waals surface area contributed by atoms with Crippen molar-refractivity contribution in [3.05, 3.63) is 46.5 Å². The fourth-order valence-corrected chi connectivity index (χ4v) is 3.98. The smallest absolute Gasteiger partial charge is 0.406 e. The maximum absolute atomic E-state index is 12.4. The molecule has 1 aliphatic rings. The Labute approximate surface area is 196 Å². The minimum atomic E-state index is -4.75. The van der Waals surface area contributed by atoms with Crippen molar-refractivity contribution in [3.63, 3.8) is 0 Å². The highest BCUT2D eigenvalue weighted by atomic mass is 32.1. The van der Waals surface area contributed by atoms with E-state index in [2.05, 4.69) is 38.4 Å². The Morgan fingerprint density at radius 3 is 2.33 bits per heavy atom. The molecule has 33 heavy (non-hydrogen) atoms. The van der Waals surface area contributed by atoms with Crippen molar-refractivity contribution in [1.82, 2.24) is 19.4 Å². The Balaban J connectivity index is 1.49. The van der Waals surface area contributed by atoms with Gasteiger partial charge in [-0.1, -0.05) is 26.1 Å². The molecule has 1 aromatic heterocycles. The highest BCUT2D eigenvalue weighted by molar-refractivity contribution is 7.71. The molecular weight excluding hydrogens is 455 g/mol. The molecule has 2 heterocycles. The molecule has 11 heteroatoms. The van der Waals surface area contributed by atoms with Gasteiger partial charge in [0.15, 0.2) is 0 Å². The molecule has 0 spiro atoms. The standard InChI is InChI=1S/C22H28F3N5O2S/c1-15(2)21-26-16(3)12-20(33)30(21)14-29-10-8-28(9-11-29)13-19(31)27-17-4-6-18(7-5-17)32-22(23,24)25/h4-7,12,15H,8-11,13-14H2,1-3H3,(H,27,31). The Bertz CT molecular complexity index is 1020. The average Bonchev–Trinajstić information content (AvgIpc) is 2.71. The zero-order valence-electron chi connectivity index (χ0n) is 18.9. The van der Waals surface area contributed by atoms with Crippen molar-refractivity contribution in [1.29, 1.82) is 0 Å². The van der Waals surface area contributed by atoms with E-state index in [1.165, 1.54) is 12.1 Å². The monoisotopic (exact) mass is 483 g/mol. The van der Waals surface area contributed by atoms with Crippen LogP contribution < -0.4 is 10.1 Å². The number of rotatable bonds is 7.